The van der Waals surface area contributed by atoms with E-state index in [1.54, 1.807) is 0 Å². The zero-order valence-corrected chi connectivity index (χ0v) is 9.86. The topological polar surface area (TPSA) is 37.3 Å². The molecule has 0 saturated heterocycles. The first-order valence-electron chi connectivity index (χ1n) is 4.34. The Hall–Kier alpha value is -0.880. The van der Waals surface area contributed by atoms with Gasteiger partial charge in [0.15, 0.2) is 0 Å². The van der Waals surface area contributed by atoms with Gasteiger partial charge in [-0.15, -0.1) is 11.8 Å². The Morgan fingerprint density at radius 3 is 2.59 bits per heavy atom. The maximum atomic E-state index is 12.4. The van der Waals surface area contributed by atoms with Crippen LogP contribution < -0.4 is 0 Å². The molecule has 1 radical (unpaired) electrons. The third-order valence-electron chi connectivity index (χ3n) is 1.77. The number of carbonyl (C=O) groups is 1. The molecule has 0 spiro atoms. The van der Waals surface area contributed by atoms with E-state index in [4.69, 9.17) is 16.7 Å². The molecule has 0 atom stereocenters. The molecule has 0 bridgehead atoms. The second kappa shape index (κ2) is 5.64. The molecule has 0 aromatic heterocycles. The second-order valence-electron chi connectivity index (χ2n) is 3.08. The molecule has 7 heteroatoms. The van der Waals surface area contributed by atoms with Crippen LogP contribution in [-0.4, -0.2) is 11.1 Å². The van der Waals surface area contributed by atoms with Crippen LogP contribution in [0.2, 0.25) is 5.02 Å². The summed E-state index contributed by atoms with van der Waals surface area (Å²) in [6.07, 6.45) is -4.48. The van der Waals surface area contributed by atoms with Gasteiger partial charge >= 0.3 is 12.1 Å². The number of carboxylic acid groups (broad SMARTS) is 1. The summed E-state index contributed by atoms with van der Waals surface area (Å²) in [5, 5.41) is 7.96. The van der Waals surface area contributed by atoms with E-state index in [9.17, 15) is 18.0 Å². The van der Waals surface area contributed by atoms with Crippen LogP contribution in [0.4, 0.5) is 13.2 Å². The number of thioether (sulfide) groups is 1. The van der Waals surface area contributed by atoms with Gasteiger partial charge in [-0.2, -0.15) is 13.2 Å². The lowest BCUT2D eigenvalue weighted by atomic mass is 10.1. The Balaban J connectivity index is 2.72. The molecule has 1 aromatic carbocycles. The van der Waals surface area contributed by atoms with Crippen LogP contribution in [-0.2, 0) is 16.7 Å². The van der Waals surface area contributed by atoms with Crippen molar-refractivity contribution in [2.24, 2.45) is 0 Å². The number of hydrogen-bond acceptors (Lipinski definition) is 2. The molecule has 1 rings (SSSR count). The van der Waals surface area contributed by atoms with Gasteiger partial charge in [0.05, 0.1) is 10.6 Å². The van der Waals surface area contributed by atoms with Crippen molar-refractivity contribution in [1.82, 2.24) is 0 Å². The molecular formula is C10H7ClF3O2S. The average Bonchev–Trinajstić information content (AvgIpc) is 2.14. The summed E-state index contributed by atoms with van der Waals surface area (Å²) in [6, 6.07) is 3.35. The molecule has 0 aliphatic heterocycles. The van der Waals surface area contributed by atoms with E-state index in [0.717, 1.165) is 23.6 Å². The number of rotatable bonds is 4. The molecule has 1 N–H and O–H groups in total. The predicted octanol–water partition coefficient (Wildman–Crippen LogP) is 3.84. The van der Waals surface area contributed by atoms with Crippen LogP contribution in [0.25, 0.3) is 0 Å². The number of hydrogen-bond donors (Lipinski definition) is 1. The highest BCUT2D eigenvalue weighted by molar-refractivity contribution is 8.01. The largest absolute Gasteiger partial charge is 0.480 e. The summed E-state index contributed by atoms with van der Waals surface area (Å²) in [7, 11) is 0. The third-order valence-corrected chi connectivity index (χ3v) is 2.95. The number of carboxylic acids is 1. The third kappa shape index (κ3) is 4.47. The Labute approximate surface area is 105 Å². The first-order valence-corrected chi connectivity index (χ1v) is 5.77. The quantitative estimate of drug-likeness (QED) is 0.912. The lowest BCUT2D eigenvalue weighted by Gasteiger charge is -2.09. The van der Waals surface area contributed by atoms with E-state index in [0.29, 0.717) is 5.56 Å². The van der Waals surface area contributed by atoms with Crippen molar-refractivity contribution >= 4 is 29.3 Å². The minimum Gasteiger partial charge on any atom is -0.480 e. The molecule has 0 unspecified atom stereocenters. The predicted molar refractivity (Wildman–Crippen MR) is 59.7 cm³/mol. The minimum absolute atomic E-state index is 0.254. The lowest BCUT2D eigenvalue weighted by Crippen LogP contribution is -2.05. The van der Waals surface area contributed by atoms with Gasteiger partial charge in [-0.25, -0.2) is 0 Å². The van der Waals surface area contributed by atoms with Crippen LogP contribution in [0.1, 0.15) is 11.1 Å². The van der Waals surface area contributed by atoms with E-state index in [2.05, 4.69) is 0 Å². The normalized spacial score (nSPS) is 11.5. The summed E-state index contributed by atoms with van der Waals surface area (Å²) < 4.78 is 37.1. The highest BCUT2D eigenvalue weighted by Crippen LogP contribution is 2.35. The van der Waals surface area contributed by atoms with Crippen LogP contribution in [0.15, 0.2) is 18.2 Å². The minimum atomic E-state index is -4.48. The average molecular weight is 284 g/mol. The molecule has 0 fully saturated rings. The van der Waals surface area contributed by atoms with Gasteiger partial charge in [-0.3, -0.25) is 4.79 Å². The highest BCUT2D eigenvalue weighted by atomic mass is 35.5. The van der Waals surface area contributed by atoms with Crippen molar-refractivity contribution in [3.8, 4) is 0 Å². The van der Waals surface area contributed by atoms with Gasteiger partial charge in [-0.05, 0) is 17.7 Å². The molecule has 2 nitrogen and oxygen atoms in total. The van der Waals surface area contributed by atoms with E-state index >= 15 is 0 Å². The van der Waals surface area contributed by atoms with Crippen LogP contribution >= 0.6 is 23.4 Å². The van der Waals surface area contributed by atoms with Crippen molar-refractivity contribution in [3.63, 3.8) is 0 Å². The van der Waals surface area contributed by atoms with Gasteiger partial charge in [0.2, 0.25) is 0 Å². The summed E-state index contributed by atoms with van der Waals surface area (Å²) in [5.74, 6) is 0.128. The van der Waals surface area contributed by atoms with Gasteiger partial charge in [0.1, 0.15) is 5.75 Å². The van der Waals surface area contributed by atoms with Crippen molar-refractivity contribution < 1.29 is 23.1 Å². The molecule has 0 amide bonds. The lowest BCUT2D eigenvalue weighted by molar-refractivity contribution is -0.137. The maximum Gasteiger partial charge on any atom is 0.417 e. The first kappa shape index (κ1) is 14.2. The summed E-state index contributed by atoms with van der Waals surface area (Å²) >= 11 is 6.47. The Bertz CT molecular complexity index is 421. The fraction of sp³-hybridized carbons (Fsp3) is 0.200. The van der Waals surface area contributed by atoms with Gasteiger partial charge < -0.3 is 5.11 Å². The fourth-order valence-corrected chi connectivity index (χ4v) is 2.00. The van der Waals surface area contributed by atoms with Crippen molar-refractivity contribution in [1.29, 1.82) is 0 Å². The molecule has 17 heavy (non-hydrogen) atoms. The van der Waals surface area contributed by atoms with Crippen LogP contribution in [0.5, 0.6) is 0 Å². The van der Waals surface area contributed by atoms with Crippen molar-refractivity contribution in [2.45, 2.75) is 11.9 Å². The van der Waals surface area contributed by atoms with Gasteiger partial charge in [0.25, 0.3) is 0 Å². The number of benzene rings is 1. The maximum absolute atomic E-state index is 12.4. The fourth-order valence-electron chi connectivity index (χ4n) is 1.09. The van der Waals surface area contributed by atoms with E-state index < -0.39 is 17.7 Å². The Morgan fingerprint density at radius 2 is 2.12 bits per heavy atom. The second-order valence-corrected chi connectivity index (χ2v) is 4.34. The SMILES string of the molecule is O=C(O)[CH]SCc1ccc(C(F)(F)F)c(Cl)c1. The Morgan fingerprint density at radius 1 is 1.47 bits per heavy atom. The Kier molecular flexibility index (Phi) is 4.70. The first-order chi connectivity index (χ1) is 7.80. The van der Waals surface area contributed by atoms with Crippen molar-refractivity contribution in [3.05, 3.63) is 40.1 Å². The molecule has 0 saturated carbocycles. The summed E-state index contributed by atoms with van der Waals surface area (Å²) in [4.78, 5) is 10.2. The van der Waals surface area contributed by atoms with Crippen LogP contribution in [0, 0.1) is 5.75 Å². The standard InChI is InChI=1S/C10H7ClF3O2S/c11-8-3-6(4-17-5-9(15)16)1-2-7(8)10(12,13)14/h1-3,5H,4H2,(H,15,16). The summed E-state index contributed by atoms with van der Waals surface area (Å²) in [6.45, 7) is 0. The monoisotopic (exact) mass is 283 g/mol. The smallest absolute Gasteiger partial charge is 0.417 e. The van der Waals surface area contributed by atoms with E-state index in [-0.39, 0.29) is 10.8 Å². The molecule has 0 heterocycles. The van der Waals surface area contributed by atoms with E-state index in [1.807, 2.05) is 0 Å². The van der Waals surface area contributed by atoms with E-state index in [1.165, 1.54) is 12.1 Å². The molecule has 0 aliphatic carbocycles. The molecule has 0 aliphatic rings. The molecule has 93 valence electrons. The van der Waals surface area contributed by atoms with Crippen molar-refractivity contribution in [2.75, 3.05) is 0 Å². The van der Waals surface area contributed by atoms with Gasteiger partial charge in [0, 0.05) is 5.75 Å². The molecular weight excluding hydrogens is 277 g/mol. The zero-order valence-electron chi connectivity index (χ0n) is 8.29. The molecule has 1 aromatic rings. The zero-order chi connectivity index (χ0) is 13.1. The summed E-state index contributed by atoms with van der Waals surface area (Å²) in [5.41, 5.74) is -0.361. The van der Waals surface area contributed by atoms with Crippen LogP contribution in [0.3, 0.4) is 0 Å². The highest BCUT2D eigenvalue weighted by Gasteiger charge is 2.32. The number of aliphatic carboxylic acids is 1. The van der Waals surface area contributed by atoms with Gasteiger partial charge in [-0.1, -0.05) is 17.7 Å². The number of alkyl halides is 3. The number of halogens is 4.